The SMILES string of the molecule is C=CCNC(=O)CC1CC(=O)C(c2c(C)cc(C)cc2C)C1=O. The van der Waals surface area contributed by atoms with Gasteiger partial charge in [0.2, 0.25) is 5.91 Å². The first-order chi connectivity index (χ1) is 10.8. The minimum atomic E-state index is -0.715. The van der Waals surface area contributed by atoms with E-state index >= 15 is 0 Å². The standard InChI is InChI=1S/C19H23NO3/c1-5-6-20-16(22)10-14-9-15(21)18(19(14)23)17-12(3)7-11(2)8-13(17)4/h5,7-8,14,18H,1,6,9-10H2,2-4H3,(H,20,22). The number of ketones is 2. The average molecular weight is 313 g/mol. The summed E-state index contributed by atoms with van der Waals surface area (Å²) in [6, 6.07) is 3.99. The van der Waals surface area contributed by atoms with Crippen molar-refractivity contribution in [1.29, 1.82) is 0 Å². The maximum Gasteiger partial charge on any atom is 0.220 e. The Bertz CT molecular complexity index is 652. The Morgan fingerprint density at radius 1 is 1.26 bits per heavy atom. The number of hydrogen-bond acceptors (Lipinski definition) is 3. The van der Waals surface area contributed by atoms with E-state index in [0.29, 0.717) is 6.54 Å². The molecule has 4 nitrogen and oxygen atoms in total. The maximum absolute atomic E-state index is 12.7. The largest absolute Gasteiger partial charge is 0.353 e. The Kier molecular flexibility index (Phi) is 5.14. The van der Waals surface area contributed by atoms with Crippen LogP contribution in [0.25, 0.3) is 0 Å². The summed E-state index contributed by atoms with van der Waals surface area (Å²) < 4.78 is 0. The molecule has 0 aliphatic heterocycles. The summed E-state index contributed by atoms with van der Waals surface area (Å²) >= 11 is 0. The van der Waals surface area contributed by atoms with E-state index < -0.39 is 11.8 Å². The first kappa shape index (κ1) is 17.1. The van der Waals surface area contributed by atoms with Crippen molar-refractivity contribution in [2.24, 2.45) is 5.92 Å². The molecule has 23 heavy (non-hydrogen) atoms. The van der Waals surface area contributed by atoms with Gasteiger partial charge in [0.25, 0.3) is 0 Å². The fourth-order valence-corrected chi connectivity index (χ4v) is 3.46. The molecule has 1 aliphatic rings. The van der Waals surface area contributed by atoms with E-state index in [0.717, 1.165) is 22.3 Å². The van der Waals surface area contributed by atoms with Gasteiger partial charge in [-0.15, -0.1) is 6.58 Å². The molecule has 0 aromatic heterocycles. The Morgan fingerprint density at radius 2 is 1.87 bits per heavy atom. The molecular formula is C19H23NO3. The number of rotatable bonds is 5. The summed E-state index contributed by atoms with van der Waals surface area (Å²) in [4.78, 5) is 36.9. The minimum Gasteiger partial charge on any atom is -0.353 e. The van der Waals surface area contributed by atoms with Crippen LogP contribution >= 0.6 is 0 Å². The monoisotopic (exact) mass is 313 g/mol. The number of hydrogen-bond donors (Lipinski definition) is 1. The van der Waals surface area contributed by atoms with Crippen molar-refractivity contribution in [2.45, 2.75) is 39.5 Å². The first-order valence-corrected chi connectivity index (χ1v) is 7.87. The maximum atomic E-state index is 12.7. The number of aryl methyl sites for hydroxylation is 3. The summed E-state index contributed by atoms with van der Waals surface area (Å²) in [5, 5.41) is 2.66. The van der Waals surface area contributed by atoms with Gasteiger partial charge in [-0.1, -0.05) is 23.8 Å². The normalized spacial score (nSPS) is 20.7. The van der Waals surface area contributed by atoms with E-state index in [1.165, 1.54) is 0 Å². The van der Waals surface area contributed by atoms with Gasteiger partial charge in [0.1, 0.15) is 11.7 Å². The summed E-state index contributed by atoms with van der Waals surface area (Å²) in [5.74, 6) is -1.65. The Labute approximate surface area is 137 Å². The Balaban J connectivity index is 2.22. The van der Waals surface area contributed by atoms with E-state index in [1.807, 2.05) is 32.9 Å². The lowest BCUT2D eigenvalue weighted by atomic mass is 9.86. The van der Waals surface area contributed by atoms with Crippen LogP contribution < -0.4 is 5.32 Å². The lowest BCUT2D eigenvalue weighted by Gasteiger charge is -2.16. The third-order valence-corrected chi connectivity index (χ3v) is 4.36. The van der Waals surface area contributed by atoms with Crippen molar-refractivity contribution >= 4 is 17.5 Å². The molecule has 0 spiro atoms. The first-order valence-electron chi connectivity index (χ1n) is 7.87. The molecular weight excluding hydrogens is 290 g/mol. The quantitative estimate of drug-likeness (QED) is 0.671. The molecule has 0 saturated heterocycles. The molecule has 2 rings (SSSR count). The van der Waals surface area contributed by atoms with Crippen LogP contribution in [0.15, 0.2) is 24.8 Å². The van der Waals surface area contributed by atoms with E-state index in [-0.39, 0.29) is 30.3 Å². The van der Waals surface area contributed by atoms with E-state index in [9.17, 15) is 14.4 Å². The third-order valence-electron chi connectivity index (χ3n) is 4.36. The highest BCUT2D eigenvalue weighted by Crippen LogP contribution is 2.37. The van der Waals surface area contributed by atoms with Crippen LogP contribution in [-0.4, -0.2) is 24.0 Å². The molecule has 0 heterocycles. The molecule has 1 amide bonds. The highest BCUT2D eigenvalue weighted by atomic mass is 16.2. The zero-order chi connectivity index (χ0) is 17.1. The number of amides is 1. The van der Waals surface area contributed by atoms with Crippen molar-refractivity contribution in [1.82, 2.24) is 5.32 Å². The predicted octanol–water partition coefficient (Wildman–Crippen LogP) is 2.55. The van der Waals surface area contributed by atoms with Crippen LogP contribution in [0.1, 0.15) is 41.0 Å². The lowest BCUT2D eigenvalue weighted by Crippen LogP contribution is -2.27. The van der Waals surface area contributed by atoms with Crippen molar-refractivity contribution in [3.63, 3.8) is 0 Å². The fraction of sp³-hybridized carbons (Fsp3) is 0.421. The molecule has 2 atom stereocenters. The van der Waals surface area contributed by atoms with Gasteiger partial charge in [-0.3, -0.25) is 14.4 Å². The second kappa shape index (κ2) is 6.90. The summed E-state index contributed by atoms with van der Waals surface area (Å²) in [7, 11) is 0. The molecule has 0 bridgehead atoms. The van der Waals surface area contributed by atoms with Crippen LogP contribution in [0.2, 0.25) is 0 Å². The molecule has 2 unspecified atom stereocenters. The molecule has 4 heteroatoms. The second-order valence-electron chi connectivity index (χ2n) is 6.31. The van der Waals surface area contributed by atoms with Crippen LogP contribution in [0.4, 0.5) is 0 Å². The van der Waals surface area contributed by atoms with Crippen molar-refractivity contribution in [3.05, 3.63) is 47.0 Å². The molecule has 0 radical (unpaired) electrons. The zero-order valence-electron chi connectivity index (χ0n) is 13.9. The van der Waals surface area contributed by atoms with Gasteiger partial charge in [-0.2, -0.15) is 0 Å². The summed E-state index contributed by atoms with van der Waals surface area (Å²) in [5.41, 5.74) is 3.86. The third kappa shape index (κ3) is 3.58. The highest BCUT2D eigenvalue weighted by molar-refractivity contribution is 6.15. The lowest BCUT2D eigenvalue weighted by molar-refractivity contribution is -0.128. The number of carbonyl (C=O) groups excluding carboxylic acids is 3. The zero-order valence-corrected chi connectivity index (χ0v) is 13.9. The molecule has 1 fully saturated rings. The molecule has 1 aromatic carbocycles. The highest BCUT2D eigenvalue weighted by Gasteiger charge is 2.43. The van der Waals surface area contributed by atoms with Crippen molar-refractivity contribution in [3.8, 4) is 0 Å². The van der Waals surface area contributed by atoms with Gasteiger partial charge < -0.3 is 5.32 Å². The van der Waals surface area contributed by atoms with Crippen molar-refractivity contribution in [2.75, 3.05) is 6.54 Å². The molecule has 1 aromatic rings. The summed E-state index contributed by atoms with van der Waals surface area (Å²) in [6.45, 7) is 9.76. The van der Waals surface area contributed by atoms with Gasteiger partial charge in [-0.25, -0.2) is 0 Å². The molecule has 1 saturated carbocycles. The Morgan fingerprint density at radius 3 is 2.43 bits per heavy atom. The second-order valence-corrected chi connectivity index (χ2v) is 6.31. The number of nitrogens with one attached hydrogen (secondary N) is 1. The van der Waals surface area contributed by atoms with Gasteiger partial charge in [-0.05, 0) is 37.5 Å². The topological polar surface area (TPSA) is 63.2 Å². The molecule has 1 aliphatic carbocycles. The predicted molar refractivity (Wildman–Crippen MR) is 89.3 cm³/mol. The molecule has 1 N–H and O–H groups in total. The Hall–Kier alpha value is -2.23. The van der Waals surface area contributed by atoms with Crippen LogP contribution in [0, 0.1) is 26.7 Å². The van der Waals surface area contributed by atoms with Gasteiger partial charge in [0, 0.05) is 25.3 Å². The molecule has 122 valence electrons. The number of Topliss-reactive ketones (excluding diaryl/α,β-unsaturated/α-hetero) is 2. The summed E-state index contributed by atoms with van der Waals surface area (Å²) in [6.07, 6.45) is 1.80. The van der Waals surface area contributed by atoms with E-state index in [1.54, 1.807) is 6.08 Å². The van der Waals surface area contributed by atoms with Crippen molar-refractivity contribution < 1.29 is 14.4 Å². The smallest absolute Gasteiger partial charge is 0.220 e. The van der Waals surface area contributed by atoms with Crippen LogP contribution in [0.3, 0.4) is 0 Å². The van der Waals surface area contributed by atoms with Crippen LogP contribution in [0.5, 0.6) is 0 Å². The minimum absolute atomic E-state index is 0.0683. The number of benzene rings is 1. The number of carbonyl (C=O) groups is 3. The average Bonchev–Trinajstić information content (AvgIpc) is 2.72. The van der Waals surface area contributed by atoms with Gasteiger partial charge >= 0.3 is 0 Å². The van der Waals surface area contributed by atoms with Gasteiger partial charge in [0.15, 0.2) is 5.78 Å². The van der Waals surface area contributed by atoms with E-state index in [2.05, 4.69) is 11.9 Å². The fourth-order valence-electron chi connectivity index (χ4n) is 3.46. The van der Waals surface area contributed by atoms with Gasteiger partial charge in [0.05, 0.1) is 0 Å². The van der Waals surface area contributed by atoms with E-state index in [4.69, 9.17) is 0 Å². The van der Waals surface area contributed by atoms with Crippen LogP contribution in [-0.2, 0) is 14.4 Å².